The van der Waals surface area contributed by atoms with Crippen molar-refractivity contribution >= 4 is 44.7 Å². The van der Waals surface area contributed by atoms with Gasteiger partial charge in [-0.1, -0.05) is 28.1 Å². The molecule has 0 radical (unpaired) electrons. The van der Waals surface area contributed by atoms with E-state index < -0.39 is 0 Å². The number of rotatable bonds is 4. The molecular weight excluding hydrogens is 362 g/mol. The molecule has 6 heteroatoms. The zero-order valence-corrected chi connectivity index (χ0v) is 14.7. The van der Waals surface area contributed by atoms with Crippen LogP contribution in [0.25, 0.3) is 0 Å². The molecule has 4 nitrogen and oxygen atoms in total. The quantitative estimate of drug-likeness (QED) is 0.476. The minimum absolute atomic E-state index is 0.432. The molecular formula is C16H16BrN3OS. The monoisotopic (exact) mass is 377 g/mol. The zero-order valence-electron chi connectivity index (χ0n) is 12.3. The Hall–Kier alpha value is -1.92. The minimum atomic E-state index is 0.432. The maximum atomic E-state index is 5.22. The second kappa shape index (κ2) is 7.91. The summed E-state index contributed by atoms with van der Waals surface area (Å²) in [5, 5.41) is 7.77. The SMILES string of the molecule is COc1ccc(NC(=S)N/N=C(\C)c2ccc(Br)cc2)cc1. The van der Waals surface area contributed by atoms with Crippen molar-refractivity contribution in [2.75, 3.05) is 12.4 Å². The number of nitrogens with one attached hydrogen (secondary N) is 2. The molecule has 0 aliphatic carbocycles. The first-order valence-corrected chi connectivity index (χ1v) is 7.80. The molecule has 0 fully saturated rings. The van der Waals surface area contributed by atoms with Gasteiger partial charge in [0, 0.05) is 10.2 Å². The summed E-state index contributed by atoms with van der Waals surface area (Å²) in [4.78, 5) is 0. The fourth-order valence-electron chi connectivity index (χ4n) is 1.72. The third-order valence-electron chi connectivity index (χ3n) is 2.94. The minimum Gasteiger partial charge on any atom is -0.497 e. The Morgan fingerprint density at radius 3 is 2.32 bits per heavy atom. The molecule has 0 unspecified atom stereocenters. The fourth-order valence-corrected chi connectivity index (χ4v) is 2.15. The van der Waals surface area contributed by atoms with Gasteiger partial charge in [-0.15, -0.1) is 0 Å². The Labute approximate surface area is 143 Å². The van der Waals surface area contributed by atoms with Gasteiger partial charge in [0.2, 0.25) is 0 Å². The van der Waals surface area contributed by atoms with Crippen LogP contribution in [0.1, 0.15) is 12.5 Å². The highest BCUT2D eigenvalue weighted by atomic mass is 79.9. The Balaban J connectivity index is 1.93. The van der Waals surface area contributed by atoms with E-state index in [-0.39, 0.29) is 0 Å². The first kappa shape index (κ1) is 16.5. The second-order valence-corrected chi connectivity index (χ2v) is 5.82. The largest absolute Gasteiger partial charge is 0.497 e. The Bertz CT molecular complexity index is 669. The van der Waals surface area contributed by atoms with E-state index in [1.165, 1.54) is 0 Å². The fraction of sp³-hybridized carbons (Fsp3) is 0.125. The molecule has 0 aliphatic heterocycles. The average molecular weight is 378 g/mol. The van der Waals surface area contributed by atoms with Crippen LogP contribution in [0.2, 0.25) is 0 Å². The molecule has 22 heavy (non-hydrogen) atoms. The van der Waals surface area contributed by atoms with Crippen LogP contribution in [0.15, 0.2) is 58.1 Å². The Kier molecular flexibility index (Phi) is 5.91. The van der Waals surface area contributed by atoms with Crippen LogP contribution in [0, 0.1) is 0 Å². The molecule has 2 aromatic rings. The maximum absolute atomic E-state index is 5.22. The molecule has 2 rings (SSSR count). The average Bonchev–Trinajstić information content (AvgIpc) is 2.54. The number of thiocarbonyl (C=S) groups is 1. The Morgan fingerprint density at radius 1 is 1.09 bits per heavy atom. The van der Waals surface area contributed by atoms with E-state index in [4.69, 9.17) is 17.0 Å². The van der Waals surface area contributed by atoms with E-state index in [1.807, 2.05) is 55.5 Å². The van der Waals surface area contributed by atoms with E-state index in [9.17, 15) is 0 Å². The van der Waals surface area contributed by atoms with E-state index in [1.54, 1.807) is 7.11 Å². The van der Waals surface area contributed by atoms with Gasteiger partial charge < -0.3 is 10.1 Å². The number of nitrogens with zero attached hydrogens (tertiary/aromatic N) is 1. The molecule has 0 aliphatic rings. The van der Waals surface area contributed by atoms with Gasteiger partial charge in [-0.3, -0.25) is 5.43 Å². The van der Waals surface area contributed by atoms with Gasteiger partial charge in [-0.2, -0.15) is 5.10 Å². The predicted molar refractivity (Wildman–Crippen MR) is 98.7 cm³/mol. The molecule has 0 saturated heterocycles. The maximum Gasteiger partial charge on any atom is 0.191 e. The van der Waals surface area contributed by atoms with Gasteiger partial charge in [-0.25, -0.2) is 0 Å². The van der Waals surface area contributed by atoms with Crippen LogP contribution in [-0.2, 0) is 0 Å². The summed E-state index contributed by atoms with van der Waals surface area (Å²) in [5.41, 5.74) is 5.59. The van der Waals surface area contributed by atoms with Crippen LogP contribution in [0.4, 0.5) is 5.69 Å². The predicted octanol–water partition coefficient (Wildman–Crippen LogP) is 4.17. The molecule has 2 aromatic carbocycles. The summed E-state index contributed by atoms with van der Waals surface area (Å²) >= 11 is 8.63. The summed E-state index contributed by atoms with van der Waals surface area (Å²) in [5.74, 6) is 0.800. The molecule has 0 aromatic heterocycles. The number of methoxy groups -OCH3 is 1. The first-order valence-electron chi connectivity index (χ1n) is 6.60. The molecule has 0 amide bonds. The van der Waals surface area contributed by atoms with Crippen LogP contribution in [-0.4, -0.2) is 17.9 Å². The summed E-state index contributed by atoms with van der Waals surface area (Å²) < 4.78 is 6.14. The lowest BCUT2D eigenvalue weighted by molar-refractivity contribution is 0.415. The summed E-state index contributed by atoms with van der Waals surface area (Å²) in [7, 11) is 1.63. The van der Waals surface area contributed by atoms with Crippen molar-refractivity contribution in [3.8, 4) is 5.75 Å². The number of hydrogen-bond donors (Lipinski definition) is 2. The molecule has 0 bridgehead atoms. The van der Waals surface area contributed by atoms with Gasteiger partial charge in [0.15, 0.2) is 5.11 Å². The summed E-state index contributed by atoms with van der Waals surface area (Å²) in [6.07, 6.45) is 0. The van der Waals surface area contributed by atoms with Crippen LogP contribution in [0.3, 0.4) is 0 Å². The second-order valence-electron chi connectivity index (χ2n) is 4.50. The number of anilines is 1. The smallest absolute Gasteiger partial charge is 0.191 e. The van der Waals surface area contributed by atoms with Gasteiger partial charge in [0.25, 0.3) is 0 Å². The van der Waals surface area contributed by atoms with E-state index in [0.717, 1.165) is 27.2 Å². The van der Waals surface area contributed by atoms with Crippen LogP contribution in [0.5, 0.6) is 5.75 Å². The van der Waals surface area contributed by atoms with Gasteiger partial charge >= 0.3 is 0 Å². The number of benzene rings is 2. The Morgan fingerprint density at radius 2 is 1.73 bits per heavy atom. The van der Waals surface area contributed by atoms with E-state index >= 15 is 0 Å². The third kappa shape index (κ3) is 4.82. The molecule has 0 atom stereocenters. The van der Waals surface area contributed by atoms with Crippen molar-refractivity contribution in [1.29, 1.82) is 0 Å². The summed E-state index contributed by atoms with van der Waals surface area (Å²) in [6, 6.07) is 15.4. The van der Waals surface area contributed by atoms with Crippen molar-refractivity contribution in [2.24, 2.45) is 5.10 Å². The number of ether oxygens (including phenoxy) is 1. The lowest BCUT2D eigenvalue weighted by Crippen LogP contribution is -2.24. The van der Waals surface area contributed by atoms with E-state index in [0.29, 0.717) is 5.11 Å². The van der Waals surface area contributed by atoms with Crippen LogP contribution >= 0.6 is 28.1 Å². The van der Waals surface area contributed by atoms with Gasteiger partial charge in [-0.05, 0) is 61.1 Å². The van der Waals surface area contributed by atoms with Crippen molar-refractivity contribution in [3.05, 3.63) is 58.6 Å². The molecule has 0 spiro atoms. The number of hydrazone groups is 1. The first-order chi connectivity index (χ1) is 10.6. The zero-order chi connectivity index (χ0) is 15.9. The highest BCUT2D eigenvalue weighted by Crippen LogP contribution is 2.15. The molecule has 114 valence electrons. The van der Waals surface area contributed by atoms with Crippen LogP contribution < -0.4 is 15.5 Å². The van der Waals surface area contributed by atoms with Crippen molar-refractivity contribution in [2.45, 2.75) is 6.92 Å². The van der Waals surface area contributed by atoms with Gasteiger partial charge in [0.1, 0.15) is 5.75 Å². The summed E-state index contributed by atoms with van der Waals surface area (Å²) in [6.45, 7) is 1.92. The number of hydrogen-bond acceptors (Lipinski definition) is 3. The standard InChI is InChI=1S/C16H16BrN3OS/c1-11(12-3-5-13(17)6-4-12)19-20-16(22)18-14-7-9-15(21-2)10-8-14/h3-10H,1-2H3,(H2,18,20,22)/b19-11+. The van der Waals surface area contributed by atoms with Crippen molar-refractivity contribution < 1.29 is 4.74 Å². The lowest BCUT2D eigenvalue weighted by Gasteiger charge is -2.09. The van der Waals surface area contributed by atoms with Crippen molar-refractivity contribution in [3.63, 3.8) is 0 Å². The van der Waals surface area contributed by atoms with Gasteiger partial charge in [0.05, 0.1) is 12.8 Å². The van der Waals surface area contributed by atoms with E-state index in [2.05, 4.69) is 31.8 Å². The lowest BCUT2D eigenvalue weighted by atomic mass is 10.1. The highest BCUT2D eigenvalue weighted by Gasteiger charge is 2.00. The number of halogens is 1. The third-order valence-corrected chi connectivity index (χ3v) is 3.66. The normalized spacial score (nSPS) is 11.0. The molecule has 0 saturated carbocycles. The highest BCUT2D eigenvalue weighted by molar-refractivity contribution is 9.10. The topological polar surface area (TPSA) is 45.6 Å². The van der Waals surface area contributed by atoms with Crippen molar-refractivity contribution in [1.82, 2.24) is 5.43 Å². The molecule has 2 N–H and O–H groups in total. The molecule has 0 heterocycles.